The van der Waals surface area contributed by atoms with E-state index in [9.17, 15) is 8.42 Å². The van der Waals surface area contributed by atoms with Crippen molar-refractivity contribution < 1.29 is 8.42 Å². The average Bonchev–Trinajstić information content (AvgIpc) is 3.22. The number of nitrogens with one attached hydrogen (secondary N) is 1. The van der Waals surface area contributed by atoms with Crippen molar-refractivity contribution >= 4 is 21.8 Å². The van der Waals surface area contributed by atoms with Gasteiger partial charge in [-0.15, -0.1) is 10.2 Å². The highest BCUT2D eigenvalue weighted by atomic mass is 32.2. The zero-order chi connectivity index (χ0) is 13.5. The predicted octanol–water partition coefficient (Wildman–Crippen LogP) is 1.13. The number of hydrogen-bond donors (Lipinski definition) is 1. The van der Waals surface area contributed by atoms with Gasteiger partial charge in [0.1, 0.15) is 5.82 Å². The summed E-state index contributed by atoms with van der Waals surface area (Å²) < 4.78 is 26.7. The number of nitrogens with zero attached hydrogens (tertiary/aromatic N) is 3. The molecule has 8 heteroatoms. The molecule has 0 bridgehead atoms. The second-order valence-electron chi connectivity index (χ2n) is 5.23. The zero-order valence-corrected chi connectivity index (χ0v) is 12.5. The van der Waals surface area contributed by atoms with E-state index in [0.717, 1.165) is 11.0 Å². The highest BCUT2D eigenvalue weighted by Gasteiger charge is 2.36. The minimum Gasteiger partial charge on any atom is -0.303 e. The zero-order valence-electron chi connectivity index (χ0n) is 10.9. The van der Waals surface area contributed by atoms with Gasteiger partial charge in [0.05, 0.1) is 6.26 Å². The first-order valence-corrected chi connectivity index (χ1v) is 9.44. The lowest BCUT2D eigenvalue weighted by molar-refractivity contribution is 0.590. The Balaban J connectivity index is 1.61. The van der Waals surface area contributed by atoms with Gasteiger partial charge in [-0.3, -0.25) is 0 Å². The third-order valence-corrected chi connectivity index (χ3v) is 4.92. The summed E-state index contributed by atoms with van der Waals surface area (Å²) in [6.45, 7) is 0.430. The lowest BCUT2D eigenvalue weighted by Gasteiger charge is -2.08. The number of rotatable bonds is 7. The fourth-order valence-corrected chi connectivity index (χ4v) is 3.52. The first-order valence-electron chi connectivity index (χ1n) is 6.57. The fourth-order valence-electron chi connectivity index (χ4n) is 2.05. The minimum absolute atomic E-state index is 0.430. The average molecular weight is 302 g/mol. The third kappa shape index (κ3) is 3.49. The third-order valence-electron chi connectivity index (χ3n) is 3.24. The van der Waals surface area contributed by atoms with Crippen LogP contribution in [0.25, 0.3) is 0 Å². The summed E-state index contributed by atoms with van der Waals surface area (Å²) in [6, 6.07) is 0.580. The van der Waals surface area contributed by atoms with E-state index in [-0.39, 0.29) is 0 Å². The smallest absolute Gasteiger partial charge is 0.208 e. The molecule has 1 aromatic rings. The largest absolute Gasteiger partial charge is 0.303 e. The van der Waals surface area contributed by atoms with Gasteiger partial charge in [0.25, 0.3) is 0 Å². The van der Waals surface area contributed by atoms with Crippen molar-refractivity contribution in [1.82, 2.24) is 19.5 Å². The van der Waals surface area contributed by atoms with Crippen molar-refractivity contribution in [2.24, 2.45) is 0 Å². The second kappa shape index (κ2) is 5.06. The first kappa shape index (κ1) is 13.4. The molecule has 1 heterocycles. The van der Waals surface area contributed by atoms with E-state index in [1.165, 1.54) is 31.9 Å². The van der Waals surface area contributed by atoms with Crippen molar-refractivity contribution in [2.45, 2.75) is 42.8 Å². The van der Waals surface area contributed by atoms with E-state index in [4.69, 9.17) is 0 Å². The van der Waals surface area contributed by atoms with Crippen LogP contribution in [-0.4, -0.2) is 41.7 Å². The molecule has 19 heavy (non-hydrogen) atoms. The van der Waals surface area contributed by atoms with Gasteiger partial charge in [-0.1, -0.05) is 11.8 Å². The van der Waals surface area contributed by atoms with Crippen LogP contribution in [0.5, 0.6) is 0 Å². The van der Waals surface area contributed by atoms with Gasteiger partial charge in [-0.2, -0.15) is 0 Å². The molecular weight excluding hydrogens is 284 g/mol. The standard InChI is InChI=1S/C11H18N4O2S2/c1-19(16,17)12-6-7-18-11-14-13-10(8-2-3-8)15(11)9-4-5-9/h8-9,12H,2-7H2,1H3. The lowest BCUT2D eigenvalue weighted by atomic mass is 10.4. The molecule has 1 N–H and O–H groups in total. The summed E-state index contributed by atoms with van der Waals surface area (Å²) in [5.41, 5.74) is 0. The SMILES string of the molecule is CS(=O)(=O)NCCSc1nnc(C2CC2)n1C1CC1. The topological polar surface area (TPSA) is 76.9 Å². The Morgan fingerprint density at radius 2 is 2.05 bits per heavy atom. The van der Waals surface area contributed by atoms with Gasteiger partial charge in [-0.05, 0) is 25.7 Å². The van der Waals surface area contributed by atoms with E-state index in [0.29, 0.717) is 24.3 Å². The van der Waals surface area contributed by atoms with Crippen molar-refractivity contribution in [3.63, 3.8) is 0 Å². The number of hydrogen-bond acceptors (Lipinski definition) is 5. The molecule has 0 spiro atoms. The maximum atomic E-state index is 11.0. The van der Waals surface area contributed by atoms with Crippen molar-refractivity contribution in [3.8, 4) is 0 Å². The Morgan fingerprint density at radius 3 is 2.63 bits per heavy atom. The predicted molar refractivity (Wildman–Crippen MR) is 73.8 cm³/mol. The summed E-state index contributed by atoms with van der Waals surface area (Å²) in [5, 5.41) is 9.54. The molecule has 2 saturated carbocycles. The highest BCUT2D eigenvalue weighted by Crippen LogP contribution is 2.45. The van der Waals surface area contributed by atoms with Gasteiger partial charge in [0.15, 0.2) is 5.16 Å². The maximum absolute atomic E-state index is 11.0. The molecular formula is C11H18N4O2S2. The molecule has 106 valence electrons. The van der Waals surface area contributed by atoms with Crippen molar-refractivity contribution in [3.05, 3.63) is 5.82 Å². The lowest BCUT2D eigenvalue weighted by Crippen LogP contribution is -2.24. The van der Waals surface area contributed by atoms with Gasteiger partial charge in [0.2, 0.25) is 10.0 Å². The summed E-state index contributed by atoms with van der Waals surface area (Å²) >= 11 is 1.58. The van der Waals surface area contributed by atoms with Crippen LogP contribution >= 0.6 is 11.8 Å². The first-order chi connectivity index (χ1) is 9.04. The molecule has 0 atom stereocenters. The molecule has 2 fully saturated rings. The minimum atomic E-state index is -3.10. The van der Waals surface area contributed by atoms with Crippen LogP contribution < -0.4 is 4.72 Å². The molecule has 2 aliphatic rings. The molecule has 6 nitrogen and oxygen atoms in total. The second-order valence-corrected chi connectivity index (χ2v) is 8.13. The Bertz CT molecular complexity index is 561. The van der Waals surface area contributed by atoms with Crippen molar-refractivity contribution in [1.29, 1.82) is 0 Å². The summed E-state index contributed by atoms with van der Waals surface area (Å²) in [7, 11) is -3.10. The monoisotopic (exact) mass is 302 g/mol. The summed E-state index contributed by atoms with van der Waals surface area (Å²) in [6.07, 6.45) is 6.06. The van der Waals surface area contributed by atoms with Crippen LogP contribution in [0.1, 0.15) is 43.5 Å². The summed E-state index contributed by atoms with van der Waals surface area (Å²) in [4.78, 5) is 0. The Labute approximate surface area is 117 Å². The van der Waals surface area contributed by atoms with E-state index in [1.807, 2.05) is 0 Å². The van der Waals surface area contributed by atoms with Crippen LogP contribution in [0.15, 0.2) is 5.16 Å². The van der Waals surface area contributed by atoms with Crippen molar-refractivity contribution in [2.75, 3.05) is 18.6 Å². The maximum Gasteiger partial charge on any atom is 0.208 e. The van der Waals surface area contributed by atoms with Crippen LogP contribution in [0.2, 0.25) is 0 Å². The van der Waals surface area contributed by atoms with E-state index >= 15 is 0 Å². The highest BCUT2D eigenvalue weighted by molar-refractivity contribution is 7.99. The summed E-state index contributed by atoms with van der Waals surface area (Å²) in [5.74, 6) is 2.43. The Hall–Kier alpha value is -0.600. The van der Waals surface area contributed by atoms with Gasteiger partial charge >= 0.3 is 0 Å². The van der Waals surface area contributed by atoms with E-state index in [2.05, 4.69) is 19.5 Å². The fraction of sp³-hybridized carbons (Fsp3) is 0.818. The molecule has 0 saturated heterocycles. The molecule has 1 aromatic heterocycles. The van der Waals surface area contributed by atoms with E-state index < -0.39 is 10.0 Å². The Kier molecular flexibility index (Phi) is 3.57. The molecule has 2 aliphatic carbocycles. The molecule has 3 rings (SSSR count). The number of aromatic nitrogens is 3. The molecule has 0 amide bonds. The molecule has 0 aliphatic heterocycles. The van der Waals surface area contributed by atoms with Gasteiger partial charge in [-0.25, -0.2) is 13.1 Å². The molecule has 0 radical (unpaired) electrons. The number of sulfonamides is 1. The van der Waals surface area contributed by atoms with Gasteiger partial charge in [0, 0.05) is 24.3 Å². The molecule has 0 unspecified atom stereocenters. The van der Waals surface area contributed by atoms with Gasteiger partial charge < -0.3 is 4.57 Å². The van der Waals surface area contributed by atoms with E-state index in [1.54, 1.807) is 11.8 Å². The normalized spacial score (nSPS) is 19.8. The Morgan fingerprint density at radius 1 is 1.32 bits per heavy atom. The van der Waals surface area contributed by atoms with Crippen LogP contribution in [-0.2, 0) is 10.0 Å². The quantitative estimate of drug-likeness (QED) is 0.603. The van der Waals surface area contributed by atoms with Crippen LogP contribution in [0.4, 0.5) is 0 Å². The number of thioether (sulfide) groups is 1. The van der Waals surface area contributed by atoms with Crippen LogP contribution in [0.3, 0.4) is 0 Å². The van der Waals surface area contributed by atoms with Crippen LogP contribution in [0, 0.1) is 0 Å². The molecule has 0 aromatic carbocycles.